The molecule has 66 valence electrons. The molecular weight excluding hydrogens is 138 g/mol. The molecule has 0 aromatic heterocycles. The Morgan fingerprint density at radius 1 is 1.36 bits per heavy atom. The van der Waals surface area contributed by atoms with Gasteiger partial charge in [0.05, 0.1) is 6.10 Å². The molecule has 1 aliphatic carbocycles. The van der Waals surface area contributed by atoms with Crippen LogP contribution in [0.15, 0.2) is 0 Å². The van der Waals surface area contributed by atoms with Gasteiger partial charge in [-0.25, -0.2) is 5.48 Å². The van der Waals surface area contributed by atoms with Gasteiger partial charge in [-0.2, -0.15) is 0 Å². The molecule has 1 saturated carbocycles. The second-order valence-electron chi connectivity index (χ2n) is 3.77. The average molecular weight is 157 g/mol. The van der Waals surface area contributed by atoms with Crippen molar-refractivity contribution in [2.45, 2.75) is 45.6 Å². The van der Waals surface area contributed by atoms with Crippen molar-refractivity contribution in [3.63, 3.8) is 0 Å². The highest BCUT2D eigenvalue weighted by Gasteiger charge is 2.15. The number of hydrogen-bond acceptors (Lipinski definition) is 2. The third-order valence-electron chi connectivity index (χ3n) is 2.04. The largest absolute Gasteiger partial charge is 0.299 e. The van der Waals surface area contributed by atoms with E-state index in [-0.39, 0.29) is 0 Å². The van der Waals surface area contributed by atoms with Crippen LogP contribution in [0.3, 0.4) is 0 Å². The van der Waals surface area contributed by atoms with Crippen LogP contribution in [-0.4, -0.2) is 12.6 Å². The summed E-state index contributed by atoms with van der Waals surface area (Å²) in [6.07, 6.45) is 5.66. The fourth-order valence-corrected chi connectivity index (χ4v) is 1.34. The smallest absolute Gasteiger partial charge is 0.0790 e. The Labute approximate surface area is 69.3 Å². The van der Waals surface area contributed by atoms with E-state index in [1.54, 1.807) is 0 Å². The van der Waals surface area contributed by atoms with Crippen LogP contribution in [0.2, 0.25) is 0 Å². The first-order valence-corrected chi connectivity index (χ1v) is 4.67. The molecule has 1 aliphatic rings. The van der Waals surface area contributed by atoms with Gasteiger partial charge in [0, 0.05) is 6.54 Å². The number of rotatable bonds is 4. The SMILES string of the molecule is CC(C)CNOC1CCCC1. The summed E-state index contributed by atoms with van der Waals surface area (Å²) in [7, 11) is 0. The third-order valence-corrected chi connectivity index (χ3v) is 2.04. The van der Waals surface area contributed by atoms with E-state index in [1.165, 1.54) is 25.7 Å². The molecule has 0 aromatic rings. The predicted molar refractivity (Wildman–Crippen MR) is 46.2 cm³/mol. The van der Waals surface area contributed by atoms with Crippen molar-refractivity contribution in [3.05, 3.63) is 0 Å². The summed E-state index contributed by atoms with van der Waals surface area (Å²) in [5, 5.41) is 0. The van der Waals surface area contributed by atoms with Gasteiger partial charge in [-0.15, -0.1) is 0 Å². The third kappa shape index (κ3) is 3.73. The lowest BCUT2D eigenvalue weighted by atomic mass is 10.2. The highest BCUT2D eigenvalue weighted by Crippen LogP contribution is 2.19. The van der Waals surface area contributed by atoms with Gasteiger partial charge in [0.2, 0.25) is 0 Å². The summed E-state index contributed by atoms with van der Waals surface area (Å²) in [4.78, 5) is 5.46. The zero-order valence-corrected chi connectivity index (χ0v) is 7.60. The standard InChI is InChI=1S/C9H19NO/c1-8(2)7-10-11-9-5-3-4-6-9/h8-10H,3-7H2,1-2H3. The van der Waals surface area contributed by atoms with Crippen LogP contribution in [0.25, 0.3) is 0 Å². The first-order valence-electron chi connectivity index (χ1n) is 4.67. The second-order valence-corrected chi connectivity index (χ2v) is 3.77. The number of nitrogens with one attached hydrogen (secondary N) is 1. The summed E-state index contributed by atoms with van der Waals surface area (Å²) >= 11 is 0. The fraction of sp³-hybridized carbons (Fsp3) is 1.00. The van der Waals surface area contributed by atoms with Gasteiger partial charge in [0.25, 0.3) is 0 Å². The van der Waals surface area contributed by atoms with E-state index in [4.69, 9.17) is 4.84 Å². The zero-order chi connectivity index (χ0) is 8.10. The van der Waals surface area contributed by atoms with Crippen LogP contribution in [0.1, 0.15) is 39.5 Å². The normalized spacial score (nSPS) is 19.9. The van der Waals surface area contributed by atoms with Crippen molar-refractivity contribution in [1.29, 1.82) is 0 Å². The first-order chi connectivity index (χ1) is 5.29. The van der Waals surface area contributed by atoms with E-state index in [9.17, 15) is 0 Å². The lowest BCUT2D eigenvalue weighted by molar-refractivity contribution is -0.0248. The topological polar surface area (TPSA) is 21.3 Å². The first kappa shape index (κ1) is 9.01. The molecule has 0 spiro atoms. The van der Waals surface area contributed by atoms with Crippen molar-refractivity contribution in [2.24, 2.45) is 5.92 Å². The quantitative estimate of drug-likeness (QED) is 0.631. The van der Waals surface area contributed by atoms with Crippen molar-refractivity contribution >= 4 is 0 Å². The van der Waals surface area contributed by atoms with Gasteiger partial charge in [-0.3, -0.25) is 4.84 Å². The van der Waals surface area contributed by atoms with Gasteiger partial charge < -0.3 is 0 Å². The monoisotopic (exact) mass is 157 g/mol. The molecule has 0 heterocycles. The van der Waals surface area contributed by atoms with Crippen molar-refractivity contribution < 1.29 is 4.84 Å². The molecule has 2 nitrogen and oxygen atoms in total. The molecule has 1 fully saturated rings. The van der Waals surface area contributed by atoms with E-state index < -0.39 is 0 Å². The molecule has 0 amide bonds. The molecule has 1 N–H and O–H groups in total. The van der Waals surface area contributed by atoms with E-state index >= 15 is 0 Å². The number of hydroxylamine groups is 1. The summed E-state index contributed by atoms with van der Waals surface area (Å²) in [5.74, 6) is 0.677. The molecular formula is C9H19NO. The van der Waals surface area contributed by atoms with Crippen molar-refractivity contribution in [1.82, 2.24) is 5.48 Å². The minimum absolute atomic E-state index is 0.494. The number of hydrogen-bond donors (Lipinski definition) is 1. The summed E-state index contributed by atoms with van der Waals surface area (Å²) in [6, 6.07) is 0. The fourth-order valence-electron chi connectivity index (χ4n) is 1.34. The lowest BCUT2D eigenvalue weighted by Crippen LogP contribution is -2.25. The second kappa shape index (κ2) is 4.73. The molecule has 0 saturated heterocycles. The minimum atomic E-state index is 0.494. The summed E-state index contributed by atoms with van der Waals surface area (Å²) < 4.78 is 0. The van der Waals surface area contributed by atoms with Gasteiger partial charge >= 0.3 is 0 Å². The predicted octanol–water partition coefficient (Wildman–Crippen LogP) is 2.11. The van der Waals surface area contributed by atoms with Crippen LogP contribution >= 0.6 is 0 Å². The molecule has 2 heteroatoms. The highest BCUT2D eigenvalue weighted by atomic mass is 16.7. The molecule has 11 heavy (non-hydrogen) atoms. The van der Waals surface area contributed by atoms with E-state index in [0.717, 1.165) is 6.54 Å². The van der Waals surface area contributed by atoms with Crippen LogP contribution in [0.4, 0.5) is 0 Å². The Morgan fingerprint density at radius 2 is 2.00 bits per heavy atom. The zero-order valence-electron chi connectivity index (χ0n) is 7.60. The Balaban J connectivity index is 1.94. The Kier molecular flexibility index (Phi) is 3.87. The Morgan fingerprint density at radius 3 is 2.55 bits per heavy atom. The highest BCUT2D eigenvalue weighted by molar-refractivity contribution is 4.65. The van der Waals surface area contributed by atoms with E-state index in [0.29, 0.717) is 12.0 Å². The maximum Gasteiger partial charge on any atom is 0.0790 e. The lowest BCUT2D eigenvalue weighted by Gasteiger charge is -2.12. The Hall–Kier alpha value is -0.0800. The Bertz CT molecular complexity index is 97.7. The van der Waals surface area contributed by atoms with Gasteiger partial charge in [0.1, 0.15) is 0 Å². The van der Waals surface area contributed by atoms with Crippen LogP contribution in [0.5, 0.6) is 0 Å². The molecule has 1 rings (SSSR count). The molecule has 0 radical (unpaired) electrons. The molecule has 0 bridgehead atoms. The maximum absolute atomic E-state index is 5.46. The molecule has 0 atom stereocenters. The van der Waals surface area contributed by atoms with Crippen LogP contribution in [-0.2, 0) is 4.84 Å². The average Bonchev–Trinajstić information content (AvgIpc) is 2.39. The van der Waals surface area contributed by atoms with E-state index in [1.807, 2.05) is 0 Å². The van der Waals surface area contributed by atoms with E-state index in [2.05, 4.69) is 19.3 Å². The summed E-state index contributed by atoms with van der Waals surface area (Å²) in [5.41, 5.74) is 3.03. The van der Waals surface area contributed by atoms with Crippen molar-refractivity contribution in [2.75, 3.05) is 6.54 Å². The molecule has 0 unspecified atom stereocenters. The molecule has 0 aliphatic heterocycles. The van der Waals surface area contributed by atoms with Gasteiger partial charge in [0.15, 0.2) is 0 Å². The summed E-state index contributed by atoms with van der Waals surface area (Å²) in [6.45, 7) is 5.34. The minimum Gasteiger partial charge on any atom is -0.299 e. The van der Waals surface area contributed by atoms with Gasteiger partial charge in [-0.05, 0) is 18.8 Å². The van der Waals surface area contributed by atoms with Gasteiger partial charge in [-0.1, -0.05) is 26.7 Å². The van der Waals surface area contributed by atoms with Crippen LogP contribution < -0.4 is 5.48 Å². The van der Waals surface area contributed by atoms with Crippen molar-refractivity contribution in [3.8, 4) is 0 Å². The molecule has 0 aromatic carbocycles. The maximum atomic E-state index is 5.46. The van der Waals surface area contributed by atoms with Crippen LogP contribution in [0, 0.1) is 5.92 Å².